The first kappa shape index (κ1) is 9.67. The van der Waals surface area contributed by atoms with Crippen LogP contribution in [0.3, 0.4) is 0 Å². The molecule has 0 saturated carbocycles. The maximum Gasteiger partial charge on any atom is 0.236 e. The molecular weight excluding hydrogens is 190 g/mol. The minimum absolute atomic E-state index is 0.0462. The molecule has 0 aliphatic carbocycles. The maximum absolute atomic E-state index is 10.5. The van der Waals surface area contributed by atoms with E-state index in [-0.39, 0.29) is 6.54 Å². The predicted molar refractivity (Wildman–Crippen MR) is 53.5 cm³/mol. The lowest BCUT2D eigenvalue weighted by Crippen LogP contribution is -2.22. The van der Waals surface area contributed by atoms with Crippen LogP contribution in [0.1, 0.15) is 0 Å². The summed E-state index contributed by atoms with van der Waals surface area (Å²) in [6, 6.07) is 5.14. The van der Waals surface area contributed by atoms with Crippen LogP contribution in [0.15, 0.2) is 18.2 Å². The highest BCUT2D eigenvalue weighted by Crippen LogP contribution is 2.26. The van der Waals surface area contributed by atoms with E-state index in [0.717, 1.165) is 0 Å². The van der Waals surface area contributed by atoms with E-state index < -0.39 is 5.91 Å². The highest BCUT2D eigenvalue weighted by molar-refractivity contribution is 6.33. The third-order valence-corrected chi connectivity index (χ3v) is 1.84. The summed E-state index contributed by atoms with van der Waals surface area (Å²) in [6.07, 6.45) is 0. The van der Waals surface area contributed by atoms with Gasteiger partial charge in [0, 0.05) is 0 Å². The number of nitrogens with one attached hydrogen (secondary N) is 1. The third-order valence-electron chi connectivity index (χ3n) is 1.51. The number of carbonyl (C=O) groups is 1. The number of carbonyl (C=O) groups excluding carboxylic acids is 1. The topological polar surface area (TPSA) is 81.1 Å². The molecule has 0 aromatic heterocycles. The van der Waals surface area contributed by atoms with Gasteiger partial charge >= 0.3 is 0 Å². The SMILES string of the molecule is NC(=O)CNc1cccc(Cl)c1N. The lowest BCUT2D eigenvalue weighted by molar-refractivity contribution is -0.116. The molecule has 0 aliphatic rings. The Morgan fingerprint density at radius 3 is 2.85 bits per heavy atom. The van der Waals surface area contributed by atoms with Crippen molar-refractivity contribution in [2.45, 2.75) is 0 Å². The number of nitrogen functional groups attached to an aromatic ring is 1. The summed E-state index contributed by atoms with van der Waals surface area (Å²) in [5.74, 6) is -0.445. The Kier molecular flexibility index (Phi) is 2.97. The van der Waals surface area contributed by atoms with Crippen LogP contribution in [0, 0.1) is 0 Å². The largest absolute Gasteiger partial charge is 0.396 e. The molecule has 0 unspecified atom stereocenters. The Morgan fingerprint density at radius 1 is 1.54 bits per heavy atom. The van der Waals surface area contributed by atoms with Gasteiger partial charge in [0.15, 0.2) is 0 Å². The number of nitrogens with two attached hydrogens (primary N) is 2. The number of hydrogen-bond donors (Lipinski definition) is 3. The summed E-state index contributed by atoms with van der Waals surface area (Å²) in [4.78, 5) is 10.5. The van der Waals surface area contributed by atoms with E-state index in [0.29, 0.717) is 16.4 Å². The molecule has 1 amide bonds. The first-order chi connectivity index (χ1) is 6.11. The molecular formula is C8H10ClN3O. The van der Waals surface area contributed by atoms with Crippen LogP contribution in [0.2, 0.25) is 5.02 Å². The van der Waals surface area contributed by atoms with E-state index in [1.807, 2.05) is 0 Å². The molecule has 0 heterocycles. The fourth-order valence-corrected chi connectivity index (χ4v) is 1.05. The van der Waals surface area contributed by atoms with Gasteiger partial charge < -0.3 is 16.8 Å². The molecule has 1 aromatic rings. The van der Waals surface area contributed by atoms with Gasteiger partial charge in [-0.1, -0.05) is 17.7 Å². The summed E-state index contributed by atoms with van der Waals surface area (Å²) < 4.78 is 0. The number of primary amides is 1. The second-order valence-electron chi connectivity index (χ2n) is 2.52. The normalized spacial score (nSPS) is 9.62. The van der Waals surface area contributed by atoms with E-state index in [1.165, 1.54) is 0 Å². The standard InChI is InChI=1S/C8H10ClN3O/c9-5-2-1-3-6(8(5)11)12-4-7(10)13/h1-3,12H,4,11H2,(H2,10,13). The minimum Gasteiger partial charge on any atom is -0.396 e. The molecule has 0 atom stereocenters. The Hall–Kier alpha value is -1.42. The molecule has 0 fully saturated rings. The van der Waals surface area contributed by atoms with Crippen molar-refractivity contribution in [3.63, 3.8) is 0 Å². The van der Waals surface area contributed by atoms with Crippen LogP contribution < -0.4 is 16.8 Å². The fourth-order valence-electron chi connectivity index (χ4n) is 0.874. The van der Waals surface area contributed by atoms with Crippen LogP contribution in [0.25, 0.3) is 0 Å². The quantitative estimate of drug-likeness (QED) is 0.631. The lowest BCUT2D eigenvalue weighted by atomic mass is 10.2. The second-order valence-corrected chi connectivity index (χ2v) is 2.93. The van der Waals surface area contributed by atoms with E-state index in [1.54, 1.807) is 18.2 Å². The number of anilines is 2. The van der Waals surface area contributed by atoms with E-state index in [4.69, 9.17) is 23.1 Å². The number of hydrogen-bond acceptors (Lipinski definition) is 3. The minimum atomic E-state index is -0.445. The van der Waals surface area contributed by atoms with Crippen LogP contribution >= 0.6 is 11.6 Å². The van der Waals surface area contributed by atoms with Gasteiger partial charge in [0.25, 0.3) is 0 Å². The van der Waals surface area contributed by atoms with Gasteiger partial charge in [0.1, 0.15) is 0 Å². The summed E-state index contributed by atoms with van der Waals surface area (Å²) in [7, 11) is 0. The molecule has 13 heavy (non-hydrogen) atoms. The number of benzene rings is 1. The smallest absolute Gasteiger partial charge is 0.236 e. The summed E-state index contributed by atoms with van der Waals surface area (Å²) in [5.41, 5.74) is 11.6. The Bertz CT molecular complexity index is 327. The number of halogens is 1. The molecule has 0 saturated heterocycles. The van der Waals surface area contributed by atoms with Crippen LogP contribution in [-0.4, -0.2) is 12.5 Å². The first-order valence-electron chi connectivity index (χ1n) is 3.67. The molecule has 0 aliphatic heterocycles. The lowest BCUT2D eigenvalue weighted by Gasteiger charge is -2.07. The molecule has 5 N–H and O–H groups in total. The van der Waals surface area contributed by atoms with Crippen molar-refractivity contribution < 1.29 is 4.79 Å². The van der Waals surface area contributed by atoms with Gasteiger partial charge in [0.2, 0.25) is 5.91 Å². The molecule has 70 valence electrons. The average Bonchev–Trinajstić information content (AvgIpc) is 2.07. The Morgan fingerprint density at radius 2 is 2.23 bits per heavy atom. The zero-order valence-corrected chi connectivity index (χ0v) is 7.64. The summed E-state index contributed by atoms with van der Waals surface area (Å²) in [6.45, 7) is 0.0462. The van der Waals surface area contributed by atoms with Gasteiger partial charge in [0.05, 0.1) is 22.9 Å². The molecule has 5 heteroatoms. The first-order valence-corrected chi connectivity index (χ1v) is 4.05. The van der Waals surface area contributed by atoms with Gasteiger partial charge in [-0.05, 0) is 12.1 Å². The van der Waals surface area contributed by atoms with Crippen molar-refractivity contribution in [2.24, 2.45) is 5.73 Å². The zero-order chi connectivity index (χ0) is 9.84. The van der Waals surface area contributed by atoms with Gasteiger partial charge in [-0.15, -0.1) is 0 Å². The average molecular weight is 200 g/mol. The molecule has 0 bridgehead atoms. The molecule has 0 spiro atoms. The summed E-state index contributed by atoms with van der Waals surface area (Å²) >= 11 is 5.75. The van der Waals surface area contributed by atoms with Gasteiger partial charge in [-0.25, -0.2) is 0 Å². The Balaban J connectivity index is 2.77. The number of amides is 1. The number of para-hydroxylation sites is 1. The predicted octanol–water partition coefficient (Wildman–Crippen LogP) is 0.819. The van der Waals surface area contributed by atoms with Crippen molar-refractivity contribution in [3.05, 3.63) is 23.2 Å². The molecule has 0 radical (unpaired) electrons. The van der Waals surface area contributed by atoms with Gasteiger partial charge in [-0.2, -0.15) is 0 Å². The van der Waals surface area contributed by atoms with E-state index in [2.05, 4.69) is 5.32 Å². The third kappa shape index (κ3) is 2.52. The van der Waals surface area contributed by atoms with E-state index >= 15 is 0 Å². The molecule has 1 rings (SSSR count). The van der Waals surface area contributed by atoms with Crippen molar-refractivity contribution in [2.75, 3.05) is 17.6 Å². The number of rotatable bonds is 3. The van der Waals surface area contributed by atoms with Crippen LogP contribution in [0.4, 0.5) is 11.4 Å². The molecule has 1 aromatic carbocycles. The molecule has 4 nitrogen and oxygen atoms in total. The summed E-state index contributed by atoms with van der Waals surface area (Å²) in [5, 5.41) is 3.22. The zero-order valence-electron chi connectivity index (χ0n) is 6.88. The highest BCUT2D eigenvalue weighted by atomic mass is 35.5. The monoisotopic (exact) mass is 199 g/mol. The van der Waals surface area contributed by atoms with Crippen LogP contribution in [0.5, 0.6) is 0 Å². The maximum atomic E-state index is 10.5. The van der Waals surface area contributed by atoms with Crippen LogP contribution in [-0.2, 0) is 4.79 Å². The van der Waals surface area contributed by atoms with Crippen molar-refractivity contribution in [1.82, 2.24) is 0 Å². The van der Waals surface area contributed by atoms with Crippen molar-refractivity contribution in [1.29, 1.82) is 0 Å². The Labute approximate surface area is 80.9 Å². The van der Waals surface area contributed by atoms with Crippen molar-refractivity contribution in [3.8, 4) is 0 Å². The van der Waals surface area contributed by atoms with Gasteiger partial charge in [-0.3, -0.25) is 4.79 Å². The second kappa shape index (κ2) is 4.00. The van der Waals surface area contributed by atoms with E-state index in [9.17, 15) is 4.79 Å². The highest BCUT2D eigenvalue weighted by Gasteiger charge is 2.02. The van der Waals surface area contributed by atoms with Crippen molar-refractivity contribution >= 4 is 28.9 Å². The fraction of sp³-hybridized carbons (Fsp3) is 0.125.